The zero-order valence-electron chi connectivity index (χ0n) is 10.8. The monoisotopic (exact) mass is 225 g/mol. The number of fused-ring (bicyclic) bond motifs is 2. The van der Waals surface area contributed by atoms with E-state index in [4.69, 9.17) is 9.47 Å². The largest absolute Gasteiger partial charge is 0.381 e. The molecular formula is C13H23NO2. The van der Waals surface area contributed by atoms with Gasteiger partial charge in [-0.3, -0.25) is 0 Å². The van der Waals surface area contributed by atoms with Gasteiger partial charge in [-0.05, 0) is 26.7 Å². The molecule has 2 aliphatic rings. The van der Waals surface area contributed by atoms with Crippen LogP contribution < -0.4 is 0 Å². The molecule has 0 aromatic carbocycles. The summed E-state index contributed by atoms with van der Waals surface area (Å²) in [5, 5.41) is 0. The molecular weight excluding hydrogens is 202 g/mol. The normalized spacial score (nSPS) is 34.0. The second kappa shape index (κ2) is 4.76. The molecule has 92 valence electrons. The number of hydrogen-bond acceptors (Lipinski definition) is 3. The van der Waals surface area contributed by atoms with Crippen molar-refractivity contribution >= 4 is 0 Å². The summed E-state index contributed by atoms with van der Waals surface area (Å²) in [6, 6.07) is 0. The topological polar surface area (TPSA) is 21.7 Å². The van der Waals surface area contributed by atoms with E-state index in [0.29, 0.717) is 17.9 Å². The molecule has 3 heteroatoms. The van der Waals surface area contributed by atoms with Crippen molar-refractivity contribution in [2.75, 3.05) is 20.7 Å². The third-order valence-corrected chi connectivity index (χ3v) is 3.64. The van der Waals surface area contributed by atoms with Gasteiger partial charge in [-0.1, -0.05) is 6.08 Å². The molecule has 0 N–H and O–H groups in total. The van der Waals surface area contributed by atoms with Crippen molar-refractivity contribution in [2.24, 2.45) is 11.8 Å². The van der Waals surface area contributed by atoms with E-state index in [2.05, 4.69) is 25.1 Å². The van der Waals surface area contributed by atoms with Gasteiger partial charge in [-0.25, -0.2) is 0 Å². The summed E-state index contributed by atoms with van der Waals surface area (Å²) in [6.45, 7) is 4.72. The smallest absolute Gasteiger partial charge is 0.155 e. The van der Waals surface area contributed by atoms with Gasteiger partial charge in [-0.2, -0.15) is 0 Å². The molecule has 0 heterocycles. The van der Waals surface area contributed by atoms with Crippen LogP contribution in [0.4, 0.5) is 0 Å². The van der Waals surface area contributed by atoms with Gasteiger partial charge in [0.1, 0.15) is 0 Å². The molecule has 2 bridgehead atoms. The van der Waals surface area contributed by atoms with Gasteiger partial charge in [-0.15, -0.1) is 0 Å². The Labute approximate surface area is 98.4 Å². The van der Waals surface area contributed by atoms with Crippen LogP contribution >= 0.6 is 0 Å². The van der Waals surface area contributed by atoms with E-state index in [1.807, 2.05) is 13.8 Å². The van der Waals surface area contributed by atoms with Crippen LogP contribution in [0.3, 0.4) is 0 Å². The Bertz CT molecular complexity index is 275. The fraction of sp³-hybridized carbons (Fsp3) is 0.846. The highest BCUT2D eigenvalue weighted by Crippen LogP contribution is 2.46. The Morgan fingerprint density at radius 2 is 2.19 bits per heavy atom. The highest BCUT2D eigenvalue weighted by molar-refractivity contribution is 5.20. The second-order valence-corrected chi connectivity index (χ2v) is 5.02. The van der Waals surface area contributed by atoms with Crippen LogP contribution in [0.5, 0.6) is 0 Å². The lowest BCUT2D eigenvalue weighted by atomic mass is 10.0. The molecule has 4 atom stereocenters. The predicted molar refractivity (Wildman–Crippen MR) is 63.9 cm³/mol. The number of ether oxygens (including phenoxy) is 2. The van der Waals surface area contributed by atoms with Gasteiger partial charge in [0.15, 0.2) is 6.29 Å². The Kier molecular flexibility index (Phi) is 3.55. The fourth-order valence-electron chi connectivity index (χ4n) is 2.99. The fourth-order valence-corrected chi connectivity index (χ4v) is 2.99. The Hall–Kier alpha value is -0.540. The molecule has 0 saturated heterocycles. The van der Waals surface area contributed by atoms with Crippen LogP contribution in [-0.2, 0) is 9.47 Å². The molecule has 16 heavy (non-hydrogen) atoms. The number of nitrogens with zero attached hydrogens (tertiary/aromatic N) is 1. The third kappa shape index (κ3) is 2.25. The van der Waals surface area contributed by atoms with E-state index in [9.17, 15) is 0 Å². The first-order valence-electron chi connectivity index (χ1n) is 6.28. The maximum absolute atomic E-state index is 5.93. The molecule has 2 rings (SSSR count). The van der Waals surface area contributed by atoms with Crippen molar-refractivity contribution in [1.82, 2.24) is 4.90 Å². The number of allylic oxidation sites excluding steroid dienone is 1. The van der Waals surface area contributed by atoms with Gasteiger partial charge in [0.2, 0.25) is 0 Å². The SMILES string of the molecule is CCOC(C)OC1CC2CC1C=C2N(C)C. The molecule has 3 nitrogen and oxygen atoms in total. The molecule has 0 amide bonds. The zero-order valence-corrected chi connectivity index (χ0v) is 10.8. The number of rotatable bonds is 5. The lowest BCUT2D eigenvalue weighted by Crippen LogP contribution is -2.28. The van der Waals surface area contributed by atoms with Crippen LogP contribution in [-0.4, -0.2) is 38.0 Å². The summed E-state index contributed by atoms with van der Waals surface area (Å²) in [5.41, 5.74) is 1.49. The van der Waals surface area contributed by atoms with Crippen molar-refractivity contribution in [3.8, 4) is 0 Å². The van der Waals surface area contributed by atoms with Crippen LogP contribution in [0.1, 0.15) is 26.7 Å². The Balaban J connectivity index is 1.89. The first-order valence-corrected chi connectivity index (χ1v) is 6.28. The quantitative estimate of drug-likeness (QED) is 0.670. The van der Waals surface area contributed by atoms with Gasteiger partial charge in [0, 0.05) is 38.2 Å². The summed E-state index contributed by atoms with van der Waals surface area (Å²) < 4.78 is 11.4. The molecule has 0 radical (unpaired) electrons. The van der Waals surface area contributed by atoms with Crippen molar-refractivity contribution in [1.29, 1.82) is 0 Å². The highest BCUT2D eigenvalue weighted by Gasteiger charge is 2.42. The molecule has 0 spiro atoms. The van der Waals surface area contributed by atoms with E-state index in [-0.39, 0.29) is 6.29 Å². The maximum Gasteiger partial charge on any atom is 0.155 e. The van der Waals surface area contributed by atoms with Crippen LogP contribution in [0.15, 0.2) is 11.8 Å². The third-order valence-electron chi connectivity index (χ3n) is 3.64. The highest BCUT2D eigenvalue weighted by atomic mass is 16.7. The van der Waals surface area contributed by atoms with Crippen LogP contribution in [0.25, 0.3) is 0 Å². The van der Waals surface area contributed by atoms with E-state index >= 15 is 0 Å². The lowest BCUT2D eigenvalue weighted by Gasteiger charge is -2.27. The van der Waals surface area contributed by atoms with Crippen molar-refractivity contribution < 1.29 is 9.47 Å². The molecule has 1 fully saturated rings. The molecule has 2 aliphatic carbocycles. The Morgan fingerprint density at radius 3 is 2.69 bits per heavy atom. The minimum Gasteiger partial charge on any atom is -0.381 e. The first kappa shape index (κ1) is 11.9. The Morgan fingerprint density at radius 1 is 1.44 bits per heavy atom. The van der Waals surface area contributed by atoms with Crippen molar-refractivity contribution in [3.63, 3.8) is 0 Å². The summed E-state index contributed by atoms with van der Waals surface area (Å²) >= 11 is 0. The minimum absolute atomic E-state index is 0.0643. The van der Waals surface area contributed by atoms with Crippen LogP contribution in [0.2, 0.25) is 0 Å². The van der Waals surface area contributed by atoms with E-state index in [1.54, 1.807) is 0 Å². The minimum atomic E-state index is -0.0643. The van der Waals surface area contributed by atoms with E-state index in [1.165, 1.54) is 12.1 Å². The van der Waals surface area contributed by atoms with Crippen molar-refractivity contribution in [3.05, 3.63) is 11.8 Å². The van der Waals surface area contributed by atoms with E-state index in [0.717, 1.165) is 13.0 Å². The van der Waals surface area contributed by atoms with Crippen molar-refractivity contribution in [2.45, 2.75) is 39.1 Å². The zero-order chi connectivity index (χ0) is 11.7. The van der Waals surface area contributed by atoms with Gasteiger partial charge in [0.05, 0.1) is 6.10 Å². The summed E-state index contributed by atoms with van der Waals surface area (Å²) in [6.07, 6.45) is 5.11. The first-order chi connectivity index (χ1) is 7.61. The molecule has 1 saturated carbocycles. The predicted octanol–water partition coefficient (Wildman–Crippen LogP) is 2.24. The van der Waals surface area contributed by atoms with Gasteiger partial charge < -0.3 is 14.4 Å². The van der Waals surface area contributed by atoms with E-state index < -0.39 is 0 Å². The van der Waals surface area contributed by atoms with Gasteiger partial charge >= 0.3 is 0 Å². The number of hydrogen-bond donors (Lipinski definition) is 0. The summed E-state index contributed by atoms with van der Waals surface area (Å²) in [7, 11) is 4.26. The molecule has 4 unspecified atom stereocenters. The second-order valence-electron chi connectivity index (χ2n) is 5.02. The molecule has 0 aromatic rings. The van der Waals surface area contributed by atoms with Gasteiger partial charge in [0.25, 0.3) is 0 Å². The lowest BCUT2D eigenvalue weighted by molar-refractivity contribution is -0.162. The molecule has 0 aromatic heterocycles. The molecule has 0 aliphatic heterocycles. The standard InChI is InChI=1S/C13H23NO2/c1-5-15-9(2)16-13-8-10-6-11(13)7-12(10)14(3)4/h7,9-11,13H,5-6,8H2,1-4H3. The summed E-state index contributed by atoms with van der Waals surface area (Å²) in [5.74, 6) is 1.31. The average Bonchev–Trinajstić information content (AvgIpc) is 2.76. The van der Waals surface area contributed by atoms with Crippen LogP contribution in [0, 0.1) is 11.8 Å². The summed E-state index contributed by atoms with van der Waals surface area (Å²) in [4.78, 5) is 2.24. The maximum atomic E-state index is 5.93. The average molecular weight is 225 g/mol.